The largest absolute Gasteiger partial charge is 0.361 e. The molecule has 1 N–H and O–H groups in total. The second-order valence-corrected chi connectivity index (χ2v) is 6.27. The number of hydrogen-bond acceptors (Lipinski definition) is 4. The lowest BCUT2D eigenvalue weighted by Gasteiger charge is -2.25. The molecule has 6 nitrogen and oxygen atoms in total. The van der Waals surface area contributed by atoms with E-state index in [1.165, 1.54) is 11.3 Å². The van der Waals surface area contributed by atoms with Crippen LogP contribution in [-0.4, -0.2) is 26.9 Å². The Morgan fingerprint density at radius 2 is 2.23 bits per heavy atom. The van der Waals surface area contributed by atoms with Gasteiger partial charge in [-0.3, -0.25) is 9.48 Å². The highest BCUT2D eigenvalue weighted by molar-refractivity contribution is 5.96. The Balaban J connectivity index is 1.75. The molecule has 1 atom stereocenters. The molecule has 3 rings (SSSR count). The Morgan fingerprint density at radius 3 is 2.86 bits per heavy atom. The Kier molecular flexibility index (Phi) is 3.76. The van der Waals surface area contributed by atoms with Gasteiger partial charge in [0.05, 0.1) is 11.9 Å². The molecule has 2 aromatic rings. The summed E-state index contributed by atoms with van der Waals surface area (Å²) in [5, 5.41) is 11.4. The molecule has 22 heavy (non-hydrogen) atoms. The SMILES string of the molecule is Cc1noc(C)c1C(=O)NC1CCc2cnn(C(C)C)c2C1. The maximum absolute atomic E-state index is 12.5. The number of amides is 1. The van der Waals surface area contributed by atoms with Crippen molar-refractivity contribution >= 4 is 5.91 Å². The van der Waals surface area contributed by atoms with Crippen LogP contribution in [0, 0.1) is 13.8 Å². The quantitative estimate of drug-likeness (QED) is 0.944. The van der Waals surface area contributed by atoms with E-state index < -0.39 is 0 Å². The number of carbonyl (C=O) groups excluding carboxylic acids is 1. The highest BCUT2D eigenvalue weighted by Crippen LogP contribution is 2.24. The molecule has 0 saturated carbocycles. The van der Waals surface area contributed by atoms with Gasteiger partial charge in [0.25, 0.3) is 5.91 Å². The Bertz CT molecular complexity index is 680. The lowest BCUT2D eigenvalue weighted by molar-refractivity contribution is 0.0931. The summed E-state index contributed by atoms with van der Waals surface area (Å²) in [6, 6.07) is 0.462. The number of fused-ring (bicyclic) bond motifs is 1. The van der Waals surface area contributed by atoms with Crippen LogP contribution in [0.25, 0.3) is 0 Å². The highest BCUT2D eigenvalue weighted by atomic mass is 16.5. The van der Waals surface area contributed by atoms with Gasteiger partial charge in [0, 0.05) is 24.2 Å². The van der Waals surface area contributed by atoms with Crippen molar-refractivity contribution in [1.29, 1.82) is 0 Å². The molecule has 0 bridgehead atoms. The van der Waals surface area contributed by atoms with E-state index >= 15 is 0 Å². The second kappa shape index (κ2) is 5.59. The lowest BCUT2D eigenvalue weighted by Crippen LogP contribution is -2.39. The standard InChI is InChI=1S/C16H22N4O2/c1-9(2)20-14-7-13(6-5-12(14)8-17-20)18-16(21)15-10(3)19-22-11(15)4/h8-9,13H,5-7H2,1-4H3,(H,18,21). The van der Waals surface area contributed by atoms with Crippen LogP contribution in [-0.2, 0) is 12.8 Å². The molecule has 1 aliphatic rings. The van der Waals surface area contributed by atoms with Gasteiger partial charge < -0.3 is 9.84 Å². The molecular weight excluding hydrogens is 280 g/mol. The summed E-state index contributed by atoms with van der Waals surface area (Å²) >= 11 is 0. The number of hydrogen-bond donors (Lipinski definition) is 1. The summed E-state index contributed by atoms with van der Waals surface area (Å²) in [6.07, 6.45) is 4.67. The molecule has 6 heteroatoms. The van der Waals surface area contributed by atoms with Crippen LogP contribution >= 0.6 is 0 Å². The molecule has 1 unspecified atom stereocenters. The van der Waals surface area contributed by atoms with Gasteiger partial charge >= 0.3 is 0 Å². The summed E-state index contributed by atoms with van der Waals surface area (Å²) in [7, 11) is 0. The number of rotatable bonds is 3. The average Bonchev–Trinajstić information content (AvgIpc) is 3.02. The topological polar surface area (TPSA) is 73.0 Å². The highest BCUT2D eigenvalue weighted by Gasteiger charge is 2.26. The zero-order valence-corrected chi connectivity index (χ0v) is 13.5. The van der Waals surface area contributed by atoms with Crippen molar-refractivity contribution in [3.63, 3.8) is 0 Å². The van der Waals surface area contributed by atoms with Crippen molar-refractivity contribution in [3.05, 3.63) is 34.5 Å². The molecule has 2 heterocycles. The summed E-state index contributed by atoms with van der Waals surface area (Å²) in [4.78, 5) is 12.5. The number of nitrogens with zero attached hydrogens (tertiary/aromatic N) is 3. The van der Waals surface area contributed by atoms with Crippen molar-refractivity contribution in [1.82, 2.24) is 20.3 Å². The smallest absolute Gasteiger partial charge is 0.257 e. The van der Waals surface area contributed by atoms with Gasteiger partial charge in [-0.25, -0.2) is 0 Å². The summed E-state index contributed by atoms with van der Waals surface area (Å²) in [6.45, 7) is 7.80. The molecule has 2 aromatic heterocycles. The molecule has 0 fully saturated rings. The van der Waals surface area contributed by atoms with Crippen LogP contribution in [0.3, 0.4) is 0 Å². The lowest BCUT2D eigenvalue weighted by atomic mass is 9.93. The van der Waals surface area contributed by atoms with Crippen LogP contribution in [0.5, 0.6) is 0 Å². The first-order valence-electron chi connectivity index (χ1n) is 7.76. The molecule has 0 aromatic carbocycles. The third-order valence-corrected chi connectivity index (χ3v) is 4.27. The predicted octanol–water partition coefficient (Wildman–Crippen LogP) is 2.36. The van der Waals surface area contributed by atoms with Gasteiger partial charge in [0.2, 0.25) is 0 Å². The normalized spacial score (nSPS) is 17.6. The molecule has 0 radical (unpaired) electrons. The zero-order valence-electron chi connectivity index (χ0n) is 13.5. The van der Waals surface area contributed by atoms with Crippen LogP contribution in [0.4, 0.5) is 0 Å². The van der Waals surface area contributed by atoms with E-state index in [-0.39, 0.29) is 11.9 Å². The number of carbonyl (C=O) groups is 1. The number of aryl methyl sites for hydroxylation is 3. The molecule has 118 valence electrons. The fraction of sp³-hybridized carbons (Fsp3) is 0.562. The van der Waals surface area contributed by atoms with Crippen LogP contribution in [0.2, 0.25) is 0 Å². The van der Waals surface area contributed by atoms with Crippen LogP contribution < -0.4 is 5.32 Å². The van der Waals surface area contributed by atoms with E-state index in [9.17, 15) is 4.79 Å². The summed E-state index contributed by atoms with van der Waals surface area (Å²) in [5.74, 6) is 0.471. The fourth-order valence-electron chi connectivity index (χ4n) is 3.15. The van der Waals surface area contributed by atoms with Gasteiger partial charge in [-0.2, -0.15) is 5.10 Å². The number of nitrogens with one attached hydrogen (secondary N) is 1. The van der Waals surface area contributed by atoms with Gasteiger partial charge in [-0.1, -0.05) is 5.16 Å². The van der Waals surface area contributed by atoms with Crippen LogP contribution in [0.1, 0.15) is 59.4 Å². The van der Waals surface area contributed by atoms with Gasteiger partial charge in [0.1, 0.15) is 11.3 Å². The van der Waals surface area contributed by atoms with Crippen molar-refractivity contribution in [2.24, 2.45) is 0 Å². The third kappa shape index (κ3) is 2.53. The Morgan fingerprint density at radius 1 is 1.45 bits per heavy atom. The predicted molar refractivity (Wildman–Crippen MR) is 81.9 cm³/mol. The van der Waals surface area contributed by atoms with Gasteiger partial charge in [-0.05, 0) is 46.1 Å². The Hall–Kier alpha value is -2.11. The van der Waals surface area contributed by atoms with E-state index in [0.29, 0.717) is 23.1 Å². The summed E-state index contributed by atoms with van der Waals surface area (Å²) < 4.78 is 7.13. The minimum absolute atomic E-state index is 0.0969. The van der Waals surface area contributed by atoms with E-state index in [4.69, 9.17) is 4.52 Å². The van der Waals surface area contributed by atoms with Crippen molar-refractivity contribution in [3.8, 4) is 0 Å². The fourth-order valence-corrected chi connectivity index (χ4v) is 3.15. The Labute approximate surface area is 129 Å². The van der Waals surface area contributed by atoms with E-state index in [1.807, 2.05) is 6.20 Å². The third-order valence-electron chi connectivity index (χ3n) is 4.27. The van der Waals surface area contributed by atoms with Crippen LogP contribution in [0.15, 0.2) is 10.7 Å². The van der Waals surface area contributed by atoms with Crippen molar-refractivity contribution in [2.45, 2.75) is 59.0 Å². The second-order valence-electron chi connectivity index (χ2n) is 6.27. The molecule has 0 spiro atoms. The van der Waals surface area contributed by atoms with E-state index in [1.54, 1.807) is 13.8 Å². The van der Waals surface area contributed by atoms with Crippen molar-refractivity contribution < 1.29 is 9.32 Å². The van der Waals surface area contributed by atoms with Gasteiger partial charge in [0.15, 0.2) is 0 Å². The maximum Gasteiger partial charge on any atom is 0.257 e. The van der Waals surface area contributed by atoms with Crippen molar-refractivity contribution in [2.75, 3.05) is 0 Å². The first-order valence-corrected chi connectivity index (χ1v) is 7.76. The summed E-state index contributed by atoms with van der Waals surface area (Å²) in [5.41, 5.74) is 3.74. The molecular formula is C16H22N4O2. The molecule has 1 aliphatic carbocycles. The van der Waals surface area contributed by atoms with E-state index in [0.717, 1.165) is 19.3 Å². The average molecular weight is 302 g/mol. The first kappa shape index (κ1) is 14.8. The number of aromatic nitrogens is 3. The van der Waals surface area contributed by atoms with E-state index in [2.05, 4.69) is 34.1 Å². The zero-order chi connectivity index (χ0) is 15.9. The molecule has 0 saturated heterocycles. The molecule has 0 aliphatic heterocycles. The molecule has 1 amide bonds. The minimum Gasteiger partial charge on any atom is -0.361 e. The maximum atomic E-state index is 12.5. The monoisotopic (exact) mass is 302 g/mol. The van der Waals surface area contributed by atoms with Gasteiger partial charge in [-0.15, -0.1) is 0 Å². The first-order chi connectivity index (χ1) is 10.5. The minimum atomic E-state index is -0.0969.